The smallest absolute Gasteiger partial charge is 0.352 e. The van der Waals surface area contributed by atoms with Crippen LogP contribution in [0.15, 0.2) is 12.3 Å². The first-order valence-electron chi connectivity index (χ1n) is 5.75. The molecule has 1 atom stereocenters. The van der Waals surface area contributed by atoms with E-state index in [0.29, 0.717) is 17.6 Å². The molecule has 17 heavy (non-hydrogen) atoms. The van der Waals surface area contributed by atoms with Crippen LogP contribution in [-0.2, 0) is 6.54 Å². The Hall–Kier alpha value is -1.00. The molecule has 1 rings (SSSR count). The number of carbonyl (C=O) groups is 1. The van der Waals surface area contributed by atoms with Crippen molar-refractivity contribution in [1.82, 2.24) is 9.47 Å². The summed E-state index contributed by atoms with van der Waals surface area (Å²) in [6, 6.07) is 1.97. The Morgan fingerprint density at radius 2 is 2.29 bits per heavy atom. The van der Waals surface area contributed by atoms with Crippen molar-refractivity contribution < 1.29 is 9.90 Å². The summed E-state index contributed by atoms with van der Waals surface area (Å²) in [7, 11) is 2.04. The summed E-state index contributed by atoms with van der Waals surface area (Å²) in [5.74, 6) is -0.942. The Kier molecular flexibility index (Phi) is 5.02. The first-order valence-corrected chi connectivity index (χ1v) is 6.12. The van der Waals surface area contributed by atoms with E-state index in [1.165, 1.54) is 6.07 Å². The van der Waals surface area contributed by atoms with Gasteiger partial charge in [0, 0.05) is 25.3 Å². The Morgan fingerprint density at radius 1 is 1.65 bits per heavy atom. The number of nitrogens with zero attached hydrogens (tertiary/aromatic N) is 2. The molecule has 5 heteroatoms. The summed E-state index contributed by atoms with van der Waals surface area (Å²) in [5.41, 5.74) is 0.243. The summed E-state index contributed by atoms with van der Waals surface area (Å²) in [4.78, 5) is 13.2. The average molecular weight is 259 g/mol. The van der Waals surface area contributed by atoms with Gasteiger partial charge in [-0.05, 0) is 26.5 Å². The van der Waals surface area contributed by atoms with Gasteiger partial charge in [-0.2, -0.15) is 0 Å². The second-order valence-electron chi connectivity index (χ2n) is 4.28. The van der Waals surface area contributed by atoms with Crippen molar-refractivity contribution in [2.45, 2.75) is 32.9 Å². The van der Waals surface area contributed by atoms with Crippen molar-refractivity contribution in [2.75, 3.05) is 13.6 Å². The normalized spacial score (nSPS) is 13.0. The molecule has 1 aromatic rings. The van der Waals surface area contributed by atoms with Crippen LogP contribution in [0.3, 0.4) is 0 Å². The molecule has 1 unspecified atom stereocenters. The number of hydrogen-bond acceptors (Lipinski definition) is 2. The lowest BCUT2D eigenvalue weighted by Gasteiger charge is -2.23. The quantitative estimate of drug-likeness (QED) is 0.853. The summed E-state index contributed by atoms with van der Waals surface area (Å²) < 4.78 is 1.68. The van der Waals surface area contributed by atoms with Gasteiger partial charge in [0.2, 0.25) is 0 Å². The molecular weight excluding hydrogens is 240 g/mol. The Bertz CT molecular complexity index is 390. The fourth-order valence-electron chi connectivity index (χ4n) is 1.64. The van der Waals surface area contributed by atoms with Gasteiger partial charge >= 0.3 is 5.97 Å². The van der Waals surface area contributed by atoms with Crippen molar-refractivity contribution in [1.29, 1.82) is 0 Å². The predicted octanol–water partition coefficient (Wildman–Crippen LogP) is 2.57. The summed E-state index contributed by atoms with van der Waals surface area (Å²) in [6.45, 7) is 5.73. The number of likely N-dealkylation sites (N-methyl/N-ethyl adjacent to an activating group) is 1. The molecule has 4 nitrogen and oxygen atoms in total. The van der Waals surface area contributed by atoms with Crippen molar-refractivity contribution in [3.05, 3.63) is 23.0 Å². The molecular formula is C12H19ClN2O2. The Balaban J connectivity index is 2.66. The van der Waals surface area contributed by atoms with Gasteiger partial charge in [-0.1, -0.05) is 18.5 Å². The van der Waals surface area contributed by atoms with Gasteiger partial charge in [0.25, 0.3) is 0 Å². The van der Waals surface area contributed by atoms with Gasteiger partial charge in [0.1, 0.15) is 5.69 Å². The second kappa shape index (κ2) is 6.07. The van der Waals surface area contributed by atoms with Crippen LogP contribution in [0.2, 0.25) is 5.02 Å². The van der Waals surface area contributed by atoms with Crippen molar-refractivity contribution >= 4 is 17.6 Å². The predicted molar refractivity (Wildman–Crippen MR) is 68.8 cm³/mol. The molecule has 0 radical (unpaired) electrons. The highest BCUT2D eigenvalue weighted by Gasteiger charge is 2.13. The Morgan fingerprint density at radius 3 is 2.82 bits per heavy atom. The fraction of sp³-hybridized carbons (Fsp3) is 0.583. The number of rotatable bonds is 6. The van der Waals surface area contributed by atoms with E-state index in [1.807, 2.05) is 7.05 Å². The topological polar surface area (TPSA) is 45.5 Å². The number of aromatic nitrogens is 1. The van der Waals surface area contributed by atoms with Gasteiger partial charge in [-0.15, -0.1) is 0 Å². The van der Waals surface area contributed by atoms with E-state index in [1.54, 1.807) is 10.8 Å². The molecule has 0 saturated carbocycles. The lowest BCUT2D eigenvalue weighted by molar-refractivity contribution is 0.0684. The van der Waals surface area contributed by atoms with E-state index in [9.17, 15) is 4.79 Å². The number of hydrogen-bond donors (Lipinski definition) is 1. The molecule has 0 fully saturated rings. The molecule has 0 aromatic carbocycles. The fourth-order valence-corrected chi connectivity index (χ4v) is 1.86. The number of carboxylic acid groups (broad SMARTS) is 1. The summed E-state index contributed by atoms with van der Waals surface area (Å²) >= 11 is 5.82. The maximum atomic E-state index is 11.0. The molecule has 1 N–H and O–H groups in total. The van der Waals surface area contributed by atoms with Crippen molar-refractivity contribution in [2.24, 2.45) is 0 Å². The average Bonchev–Trinajstić information content (AvgIpc) is 2.66. The van der Waals surface area contributed by atoms with Gasteiger partial charge in [-0.25, -0.2) is 4.79 Å². The van der Waals surface area contributed by atoms with Crippen LogP contribution in [0, 0.1) is 0 Å². The van der Waals surface area contributed by atoms with Crippen LogP contribution < -0.4 is 0 Å². The highest BCUT2D eigenvalue weighted by molar-refractivity contribution is 6.30. The molecule has 1 heterocycles. The number of aromatic carboxylic acids is 1. The molecule has 1 aromatic heterocycles. The largest absolute Gasteiger partial charge is 0.477 e. The minimum absolute atomic E-state index is 0.243. The van der Waals surface area contributed by atoms with Crippen molar-refractivity contribution in [3.8, 4) is 0 Å². The van der Waals surface area contributed by atoms with E-state index in [-0.39, 0.29) is 5.69 Å². The van der Waals surface area contributed by atoms with Crippen LogP contribution >= 0.6 is 11.6 Å². The zero-order chi connectivity index (χ0) is 13.0. The lowest BCUT2D eigenvalue weighted by atomic mass is 10.2. The standard InChI is InChI=1S/C12H19ClN2O2/c1-4-9(2)14(3)5-6-15-8-10(13)7-11(15)12(16)17/h7-9H,4-6H2,1-3H3,(H,16,17). The van der Waals surface area contributed by atoms with Gasteiger partial charge in [0.05, 0.1) is 5.02 Å². The Labute approximate surface area is 107 Å². The molecule has 0 spiro atoms. The maximum Gasteiger partial charge on any atom is 0.352 e. The van der Waals surface area contributed by atoms with E-state index >= 15 is 0 Å². The first-order chi connectivity index (χ1) is 7.95. The molecule has 96 valence electrons. The molecule has 0 aliphatic rings. The molecule has 0 aliphatic carbocycles. The van der Waals surface area contributed by atoms with E-state index in [2.05, 4.69) is 18.7 Å². The zero-order valence-corrected chi connectivity index (χ0v) is 11.2. The number of carboxylic acids is 1. The summed E-state index contributed by atoms with van der Waals surface area (Å²) in [6.07, 6.45) is 2.74. The van der Waals surface area contributed by atoms with E-state index in [4.69, 9.17) is 16.7 Å². The zero-order valence-electron chi connectivity index (χ0n) is 10.5. The van der Waals surface area contributed by atoms with Crippen LogP contribution in [-0.4, -0.2) is 40.2 Å². The van der Waals surface area contributed by atoms with Gasteiger partial charge in [-0.3, -0.25) is 0 Å². The second-order valence-corrected chi connectivity index (χ2v) is 4.72. The third-order valence-electron chi connectivity index (χ3n) is 3.12. The van der Waals surface area contributed by atoms with Crippen LogP contribution in [0.4, 0.5) is 0 Å². The lowest BCUT2D eigenvalue weighted by Crippen LogP contribution is -2.31. The minimum Gasteiger partial charge on any atom is -0.477 e. The van der Waals surface area contributed by atoms with Crippen LogP contribution in [0.25, 0.3) is 0 Å². The molecule has 0 saturated heterocycles. The third-order valence-corrected chi connectivity index (χ3v) is 3.33. The molecule has 0 bridgehead atoms. The summed E-state index contributed by atoms with van der Waals surface area (Å²) in [5, 5.41) is 9.47. The van der Waals surface area contributed by atoms with Gasteiger partial charge < -0.3 is 14.6 Å². The maximum absolute atomic E-state index is 11.0. The SMILES string of the molecule is CCC(C)N(C)CCn1cc(Cl)cc1C(=O)O. The molecule has 0 amide bonds. The van der Waals surface area contributed by atoms with Crippen LogP contribution in [0.5, 0.6) is 0 Å². The van der Waals surface area contributed by atoms with E-state index in [0.717, 1.165) is 13.0 Å². The highest BCUT2D eigenvalue weighted by atomic mass is 35.5. The molecule has 0 aliphatic heterocycles. The number of halogens is 1. The van der Waals surface area contributed by atoms with Gasteiger partial charge in [0.15, 0.2) is 0 Å². The van der Waals surface area contributed by atoms with E-state index < -0.39 is 5.97 Å². The van der Waals surface area contributed by atoms with Crippen LogP contribution in [0.1, 0.15) is 30.8 Å². The highest BCUT2D eigenvalue weighted by Crippen LogP contribution is 2.14. The first kappa shape index (κ1) is 14.1. The third kappa shape index (κ3) is 3.75. The monoisotopic (exact) mass is 258 g/mol. The van der Waals surface area contributed by atoms with Crippen molar-refractivity contribution in [3.63, 3.8) is 0 Å². The minimum atomic E-state index is -0.942.